The highest BCUT2D eigenvalue weighted by molar-refractivity contribution is 6.30. The Morgan fingerprint density at radius 2 is 1.77 bits per heavy atom. The molecular formula is C29H31ClN4O. The van der Waals surface area contributed by atoms with E-state index in [2.05, 4.69) is 65.0 Å². The molecule has 35 heavy (non-hydrogen) atoms. The maximum atomic E-state index is 12.8. The SMILES string of the molecule is Cc1ccc(C)c(Cn2c(N3CCC(C(=O)NCc4ccc(Cl)cc4)CC3)nc3ccccc32)c1. The van der Waals surface area contributed by atoms with Crippen LogP contribution in [0.4, 0.5) is 5.95 Å². The number of imidazole rings is 1. The number of aryl methyl sites for hydroxylation is 2. The number of anilines is 1. The number of carbonyl (C=O) groups excluding carboxylic acids is 1. The highest BCUT2D eigenvalue weighted by Gasteiger charge is 2.27. The molecule has 0 unspecified atom stereocenters. The van der Waals surface area contributed by atoms with Gasteiger partial charge in [0.25, 0.3) is 0 Å². The van der Waals surface area contributed by atoms with Crippen LogP contribution in [0.15, 0.2) is 66.7 Å². The van der Waals surface area contributed by atoms with Crippen molar-refractivity contribution in [3.8, 4) is 0 Å². The summed E-state index contributed by atoms with van der Waals surface area (Å²) in [5.41, 5.74) is 7.07. The summed E-state index contributed by atoms with van der Waals surface area (Å²) in [5, 5.41) is 3.80. The van der Waals surface area contributed by atoms with E-state index in [4.69, 9.17) is 16.6 Å². The molecule has 4 aromatic rings. The number of hydrogen-bond donors (Lipinski definition) is 1. The number of nitrogens with one attached hydrogen (secondary N) is 1. The van der Waals surface area contributed by atoms with Gasteiger partial charge in [0, 0.05) is 30.6 Å². The average Bonchev–Trinajstić information content (AvgIpc) is 3.24. The third-order valence-electron chi connectivity index (χ3n) is 7.00. The number of para-hydroxylation sites is 2. The maximum absolute atomic E-state index is 12.8. The zero-order valence-electron chi connectivity index (χ0n) is 20.3. The van der Waals surface area contributed by atoms with Crippen molar-refractivity contribution in [2.45, 2.75) is 39.8 Å². The lowest BCUT2D eigenvalue weighted by Crippen LogP contribution is -2.41. The van der Waals surface area contributed by atoms with Crippen molar-refractivity contribution in [2.75, 3.05) is 18.0 Å². The number of carbonyl (C=O) groups is 1. The lowest BCUT2D eigenvalue weighted by atomic mass is 9.96. The van der Waals surface area contributed by atoms with Crippen molar-refractivity contribution in [1.82, 2.24) is 14.9 Å². The van der Waals surface area contributed by atoms with Crippen LogP contribution in [0.2, 0.25) is 5.02 Å². The van der Waals surface area contributed by atoms with Gasteiger partial charge in [-0.2, -0.15) is 0 Å². The van der Waals surface area contributed by atoms with Crippen molar-refractivity contribution in [2.24, 2.45) is 5.92 Å². The minimum absolute atomic E-state index is 0.0235. The summed E-state index contributed by atoms with van der Waals surface area (Å²) in [7, 11) is 0. The maximum Gasteiger partial charge on any atom is 0.223 e. The standard InChI is InChI=1S/C29H31ClN4O/c1-20-7-8-21(2)24(17-20)19-34-27-6-4-3-5-26(27)32-29(34)33-15-13-23(14-16-33)28(35)31-18-22-9-11-25(30)12-10-22/h3-12,17,23H,13-16,18-19H2,1-2H3,(H,31,35). The van der Waals surface area contributed by atoms with Gasteiger partial charge in [-0.25, -0.2) is 4.98 Å². The molecule has 1 aliphatic rings. The van der Waals surface area contributed by atoms with Gasteiger partial charge in [0.15, 0.2) is 0 Å². The zero-order chi connectivity index (χ0) is 24.4. The Bertz CT molecular complexity index is 1340. The highest BCUT2D eigenvalue weighted by Crippen LogP contribution is 2.29. The Morgan fingerprint density at radius 1 is 1.03 bits per heavy atom. The first-order chi connectivity index (χ1) is 17.0. The van der Waals surface area contributed by atoms with Gasteiger partial charge in [-0.1, -0.05) is 59.6 Å². The number of halogens is 1. The summed E-state index contributed by atoms with van der Waals surface area (Å²) >= 11 is 5.96. The molecule has 3 aromatic carbocycles. The normalized spacial score (nSPS) is 14.4. The van der Waals surface area contributed by atoms with Crippen LogP contribution in [0.3, 0.4) is 0 Å². The molecule has 0 aliphatic carbocycles. The number of aromatic nitrogens is 2. The van der Waals surface area contributed by atoms with E-state index in [0.29, 0.717) is 11.6 Å². The summed E-state index contributed by atoms with van der Waals surface area (Å²) in [6, 6.07) is 22.6. The predicted octanol–water partition coefficient (Wildman–Crippen LogP) is 5.89. The third-order valence-corrected chi connectivity index (χ3v) is 7.25. The summed E-state index contributed by atoms with van der Waals surface area (Å²) in [4.78, 5) is 20.2. The Labute approximate surface area is 211 Å². The molecule has 0 spiro atoms. The summed E-state index contributed by atoms with van der Waals surface area (Å²) in [5.74, 6) is 1.14. The Balaban J connectivity index is 1.30. The van der Waals surface area contributed by atoms with Crippen molar-refractivity contribution in [3.63, 3.8) is 0 Å². The minimum Gasteiger partial charge on any atom is -0.352 e. The molecule has 1 fully saturated rings. The molecule has 6 heteroatoms. The van der Waals surface area contributed by atoms with Crippen molar-refractivity contribution >= 4 is 34.5 Å². The summed E-state index contributed by atoms with van der Waals surface area (Å²) in [6.07, 6.45) is 1.64. The van der Waals surface area contributed by atoms with Crippen LogP contribution < -0.4 is 10.2 Å². The minimum atomic E-state index is 0.0235. The molecule has 5 rings (SSSR count). The van der Waals surface area contributed by atoms with Gasteiger partial charge in [0.1, 0.15) is 0 Å². The second kappa shape index (κ2) is 10.1. The van der Waals surface area contributed by atoms with Gasteiger partial charge in [0.2, 0.25) is 11.9 Å². The third kappa shape index (κ3) is 5.20. The molecule has 0 radical (unpaired) electrons. The second-order valence-corrected chi connectivity index (χ2v) is 9.96. The fraction of sp³-hybridized carbons (Fsp3) is 0.310. The van der Waals surface area contributed by atoms with E-state index >= 15 is 0 Å². The molecule has 2 heterocycles. The molecule has 1 aromatic heterocycles. The fourth-order valence-corrected chi connectivity index (χ4v) is 5.00. The lowest BCUT2D eigenvalue weighted by Gasteiger charge is -2.32. The van der Waals surface area contributed by atoms with E-state index in [1.807, 2.05) is 30.3 Å². The first-order valence-electron chi connectivity index (χ1n) is 12.3. The Morgan fingerprint density at radius 3 is 2.54 bits per heavy atom. The number of nitrogens with zero attached hydrogens (tertiary/aromatic N) is 3. The van der Waals surface area contributed by atoms with Crippen LogP contribution in [-0.4, -0.2) is 28.5 Å². The van der Waals surface area contributed by atoms with Crippen LogP contribution in [-0.2, 0) is 17.9 Å². The number of hydrogen-bond acceptors (Lipinski definition) is 3. The molecule has 1 saturated heterocycles. The molecule has 180 valence electrons. The largest absolute Gasteiger partial charge is 0.352 e. The van der Waals surface area contributed by atoms with Crippen molar-refractivity contribution in [3.05, 3.63) is 94.0 Å². The molecule has 0 saturated carbocycles. The molecule has 0 atom stereocenters. The van der Waals surface area contributed by atoms with E-state index in [0.717, 1.165) is 55.0 Å². The lowest BCUT2D eigenvalue weighted by molar-refractivity contribution is -0.125. The molecule has 0 bridgehead atoms. The van der Waals surface area contributed by atoms with Crippen LogP contribution in [0.1, 0.15) is 35.1 Å². The van der Waals surface area contributed by atoms with Crippen LogP contribution >= 0.6 is 11.6 Å². The topological polar surface area (TPSA) is 50.2 Å². The van der Waals surface area contributed by atoms with Crippen LogP contribution in [0, 0.1) is 19.8 Å². The molecule has 1 N–H and O–H groups in total. The van der Waals surface area contributed by atoms with Gasteiger partial charge in [-0.3, -0.25) is 4.79 Å². The van der Waals surface area contributed by atoms with E-state index in [1.165, 1.54) is 16.7 Å². The summed E-state index contributed by atoms with van der Waals surface area (Å²) in [6.45, 7) is 7.25. The van der Waals surface area contributed by atoms with Crippen molar-refractivity contribution in [1.29, 1.82) is 0 Å². The summed E-state index contributed by atoms with van der Waals surface area (Å²) < 4.78 is 2.33. The molecule has 1 amide bonds. The van der Waals surface area contributed by atoms with Gasteiger partial charge < -0.3 is 14.8 Å². The monoisotopic (exact) mass is 486 g/mol. The predicted molar refractivity (Wildman–Crippen MR) is 143 cm³/mol. The van der Waals surface area contributed by atoms with E-state index < -0.39 is 0 Å². The number of piperidine rings is 1. The fourth-order valence-electron chi connectivity index (χ4n) is 4.88. The number of amides is 1. The molecule has 1 aliphatic heterocycles. The van der Waals surface area contributed by atoms with Crippen LogP contribution in [0.25, 0.3) is 11.0 Å². The first kappa shape index (κ1) is 23.4. The Kier molecular flexibility index (Phi) is 6.78. The van der Waals surface area contributed by atoms with Gasteiger partial charge in [-0.05, 0) is 67.6 Å². The molecule has 5 nitrogen and oxygen atoms in total. The quantitative estimate of drug-likeness (QED) is 0.370. The van der Waals surface area contributed by atoms with E-state index in [1.54, 1.807) is 0 Å². The molecular weight excluding hydrogens is 456 g/mol. The number of fused-ring (bicyclic) bond motifs is 1. The smallest absolute Gasteiger partial charge is 0.223 e. The zero-order valence-corrected chi connectivity index (χ0v) is 21.1. The number of rotatable bonds is 6. The van der Waals surface area contributed by atoms with Gasteiger partial charge in [-0.15, -0.1) is 0 Å². The Hall–Kier alpha value is -3.31. The van der Waals surface area contributed by atoms with Gasteiger partial charge >= 0.3 is 0 Å². The first-order valence-corrected chi connectivity index (χ1v) is 12.6. The number of benzene rings is 3. The van der Waals surface area contributed by atoms with E-state index in [-0.39, 0.29) is 11.8 Å². The average molecular weight is 487 g/mol. The second-order valence-electron chi connectivity index (χ2n) is 9.52. The van der Waals surface area contributed by atoms with E-state index in [9.17, 15) is 4.79 Å². The van der Waals surface area contributed by atoms with Crippen LogP contribution in [0.5, 0.6) is 0 Å². The van der Waals surface area contributed by atoms with Crippen molar-refractivity contribution < 1.29 is 4.79 Å². The van der Waals surface area contributed by atoms with Gasteiger partial charge in [0.05, 0.1) is 17.6 Å². The highest BCUT2D eigenvalue weighted by atomic mass is 35.5.